The maximum absolute atomic E-state index is 9.94. The summed E-state index contributed by atoms with van der Waals surface area (Å²) in [7, 11) is 6.22. The fourth-order valence-electron chi connectivity index (χ4n) is 3.18. The number of nitrogen functional groups attached to an aromatic ring is 1. The Morgan fingerprint density at radius 1 is 0.909 bits per heavy atom. The summed E-state index contributed by atoms with van der Waals surface area (Å²) in [6.07, 6.45) is 0. The Morgan fingerprint density at radius 2 is 1.64 bits per heavy atom. The van der Waals surface area contributed by atoms with Gasteiger partial charge in [0.15, 0.2) is 16.6 Å². The van der Waals surface area contributed by atoms with Crippen LogP contribution in [-0.2, 0) is 0 Å². The second kappa shape index (κ2) is 9.43. The summed E-state index contributed by atoms with van der Waals surface area (Å²) < 4.78 is 21.4. The summed E-state index contributed by atoms with van der Waals surface area (Å²) in [6.45, 7) is 0. The molecule has 33 heavy (non-hydrogen) atoms. The van der Waals surface area contributed by atoms with Crippen LogP contribution in [0.4, 0.5) is 16.6 Å². The lowest BCUT2D eigenvalue weighted by Crippen LogP contribution is -1.97. The molecule has 0 saturated heterocycles. The van der Waals surface area contributed by atoms with Gasteiger partial charge in [0.05, 0.1) is 34.1 Å². The van der Waals surface area contributed by atoms with Crippen LogP contribution in [0.5, 0.6) is 28.7 Å². The van der Waals surface area contributed by atoms with Crippen molar-refractivity contribution in [2.45, 2.75) is 0 Å². The fourth-order valence-corrected chi connectivity index (χ4v) is 5.01. The van der Waals surface area contributed by atoms with Gasteiger partial charge in [-0.1, -0.05) is 11.3 Å². The highest BCUT2D eigenvalue weighted by atomic mass is 32.1. The largest absolute Gasteiger partial charge is 0.508 e. The van der Waals surface area contributed by atoms with Gasteiger partial charge in [-0.2, -0.15) is 0 Å². The van der Waals surface area contributed by atoms with Crippen molar-refractivity contribution in [3.05, 3.63) is 35.7 Å². The van der Waals surface area contributed by atoms with Gasteiger partial charge < -0.3 is 35.1 Å². The van der Waals surface area contributed by atoms with Gasteiger partial charge in [-0.05, 0) is 12.1 Å². The Kier molecular flexibility index (Phi) is 6.43. The highest BCUT2D eigenvalue weighted by molar-refractivity contribution is 7.23. The predicted octanol–water partition coefficient (Wildman–Crippen LogP) is 5.00. The molecule has 0 saturated carbocycles. The predicted molar refractivity (Wildman–Crippen MR) is 131 cm³/mol. The lowest BCUT2D eigenvalue weighted by molar-refractivity contribution is 0.324. The van der Waals surface area contributed by atoms with Crippen molar-refractivity contribution in [2.24, 2.45) is 0 Å². The number of rotatable bonds is 8. The van der Waals surface area contributed by atoms with Crippen LogP contribution in [0.15, 0.2) is 35.7 Å². The summed E-state index contributed by atoms with van der Waals surface area (Å²) in [5.74, 6) is 2.57. The third kappa shape index (κ3) is 4.59. The molecule has 0 fully saturated rings. The Morgan fingerprint density at radius 3 is 2.27 bits per heavy atom. The molecule has 0 unspecified atom stereocenters. The van der Waals surface area contributed by atoms with E-state index < -0.39 is 0 Å². The number of thiazole rings is 2. The van der Waals surface area contributed by atoms with Crippen LogP contribution in [0, 0.1) is 0 Å². The topological polar surface area (TPSA) is 121 Å². The van der Waals surface area contributed by atoms with Gasteiger partial charge in [0, 0.05) is 34.8 Å². The van der Waals surface area contributed by atoms with E-state index in [2.05, 4.69) is 15.3 Å². The lowest BCUT2D eigenvalue weighted by atomic mass is 10.1. The molecule has 0 radical (unpaired) electrons. The van der Waals surface area contributed by atoms with Gasteiger partial charge in [-0.25, -0.2) is 9.97 Å². The molecular formula is C22H22N4O5S2. The van der Waals surface area contributed by atoms with E-state index in [9.17, 15) is 5.11 Å². The molecule has 4 aromatic rings. The molecular weight excluding hydrogens is 464 g/mol. The lowest BCUT2D eigenvalue weighted by Gasteiger charge is -2.14. The van der Waals surface area contributed by atoms with Crippen LogP contribution in [0.2, 0.25) is 0 Å². The Hall–Kier alpha value is -3.70. The first-order chi connectivity index (χ1) is 15.9. The van der Waals surface area contributed by atoms with Crippen LogP contribution in [0.1, 0.15) is 0 Å². The molecule has 0 aliphatic heterocycles. The van der Waals surface area contributed by atoms with Crippen LogP contribution in [0.25, 0.3) is 21.1 Å². The van der Waals surface area contributed by atoms with E-state index in [1.54, 1.807) is 52.7 Å². The standard InChI is InChI=1S/C22H22N4O5S2/c1-28-14-6-11(5-13(27)9-14)15-10-32-21(25-15)19-20(23)26-22(33-19)24-12-7-16(29-2)18(31-4)17(8-12)30-3/h5-10,27H,23H2,1-4H3,(H,24,26). The zero-order valence-corrected chi connectivity index (χ0v) is 20.0. The van der Waals surface area contributed by atoms with Crippen molar-refractivity contribution in [3.63, 3.8) is 0 Å². The third-order valence-electron chi connectivity index (χ3n) is 4.69. The van der Waals surface area contributed by atoms with E-state index in [1.807, 2.05) is 11.4 Å². The second-order valence-corrected chi connectivity index (χ2v) is 8.59. The first kappa shape index (κ1) is 22.5. The number of anilines is 3. The van der Waals surface area contributed by atoms with Crippen LogP contribution in [0.3, 0.4) is 0 Å². The number of hydrogen-bond acceptors (Lipinski definition) is 11. The molecule has 2 heterocycles. The second-order valence-electron chi connectivity index (χ2n) is 6.73. The molecule has 0 aliphatic rings. The Bertz CT molecular complexity index is 1260. The quantitative estimate of drug-likeness (QED) is 0.316. The molecule has 0 amide bonds. The Labute approximate surface area is 198 Å². The van der Waals surface area contributed by atoms with Gasteiger partial charge in [0.25, 0.3) is 0 Å². The molecule has 172 valence electrons. The number of nitrogens with zero attached hydrogens (tertiary/aromatic N) is 2. The molecule has 0 aliphatic carbocycles. The van der Waals surface area contributed by atoms with E-state index in [0.29, 0.717) is 45.3 Å². The van der Waals surface area contributed by atoms with E-state index >= 15 is 0 Å². The monoisotopic (exact) mass is 486 g/mol. The average Bonchev–Trinajstić information content (AvgIpc) is 3.44. The smallest absolute Gasteiger partial charge is 0.203 e. The number of aromatic hydroxyl groups is 1. The van der Waals surface area contributed by atoms with E-state index in [0.717, 1.165) is 15.4 Å². The zero-order chi connectivity index (χ0) is 23.5. The SMILES string of the molecule is COc1cc(O)cc(-c2csc(-c3sc(Nc4cc(OC)c(OC)c(OC)c4)nc3N)n2)c1. The normalized spacial score (nSPS) is 10.7. The molecule has 11 heteroatoms. The number of benzene rings is 2. The molecule has 2 aromatic heterocycles. The van der Waals surface area contributed by atoms with E-state index in [1.165, 1.54) is 22.7 Å². The van der Waals surface area contributed by atoms with Crippen LogP contribution < -0.4 is 30.0 Å². The molecule has 0 bridgehead atoms. The molecule has 4 N–H and O–H groups in total. The van der Waals surface area contributed by atoms with Gasteiger partial charge in [-0.15, -0.1) is 11.3 Å². The van der Waals surface area contributed by atoms with E-state index in [4.69, 9.17) is 24.7 Å². The van der Waals surface area contributed by atoms with Crippen molar-refractivity contribution in [2.75, 3.05) is 39.5 Å². The minimum absolute atomic E-state index is 0.105. The van der Waals surface area contributed by atoms with E-state index in [-0.39, 0.29) is 5.75 Å². The number of ether oxygens (including phenoxy) is 4. The minimum Gasteiger partial charge on any atom is -0.508 e. The summed E-state index contributed by atoms with van der Waals surface area (Å²) in [4.78, 5) is 9.87. The highest BCUT2D eigenvalue weighted by Gasteiger charge is 2.18. The summed E-state index contributed by atoms with van der Waals surface area (Å²) in [6, 6.07) is 8.56. The summed E-state index contributed by atoms with van der Waals surface area (Å²) in [5.41, 5.74) is 8.35. The molecule has 0 atom stereocenters. The Balaban J connectivity index is 1.62. The van der Waals surface area contributed by atoms with Gasteiger partial charge in [0.2, 0.25) is 5.75 Å². The van der Waals surface area contributed by atoms with Crippen molar-refractivity contribution < 1.29 is 24.1 Å². The summed E-state index contributed by atoms with van der Waals surface area (Å²) >= 11 is 2.82. The average molecular weight is 487 g/mol. The maximum atomic E-state index is 9.94. The number of nitrogens with two attached hydrogens (primary N) is 1. The van der Waals surface area contributed by atoms with Crippen LogP contribution in [-0.4, -0.2) is 43.5 Å². The van der Waals surface area contributed by atoms with Crippen molar-refractivity contribution in [1.29, 1.82) is 0 Å². The molecule has 0 spiro atoms. The first-order valence-electron chi connectivity index (χ1n) is 9.63. The van der Waals surface area contributed by atoms with Crippen LogP contribution >= 0.6 is 22.7 Å². The minimum atomic E-state index is 0.105. The molecule has 2 aromatic carbocycles. The molecule has 9 nitrogen and oxygen atoms in total. The third-order valence-corrected chi connectivity index (χ3v) is 6.67. The first-order valence-corrected chi connectivity index (χ1v) is 11.3. The van der Waals surface area contributed by atoms with Gasteiger partial charge in [-0.3, -0.25) is 0 Å². The van der Waals surface area contributed by atoms with Gasteiger partial charge in [0.1, 0.15) is 27.2 Å². The number of aromatic nitrogens is 2. The number of phenols is 1. The van der Waals surface area contributed by atoms with Crippen molar-refractivity contribution >= 4 is 39.3 Å². The number of methoxy groups -OCH3 is 4. The van der Waals surface area contributed by atoms with Crippen molar-refractivity contribution in [1.82, 2.24) is 9.97 Å². The zero-order valence-electron chi connectivity index (χ0n) is 18.3. The number of nitrogens with one attached hydrogen (secondary N) is 1. The van der Waals surface area contributed by atoms with Crippen molar-refractivity contribution in [3.8, 4) is 49.9 Å². The maximum Gasteiger partial charge on any atom is 0.203 e. The molecule has 4 rings (SSSR count). The summed E-state index contributed by atoms with van der Waals surface area (Å²) in [5, 5.41) is 16.4. The fraction of sp³-hybridized carbons (Fsp3) is 0.182. The highest BCUT2D eigenvalue weighted by Crippen LogP contribution is 2.43. The number of phenolic OH excluding ortho intramolecular Hbond substituents is 1. The number of hydrogen-bond donors (Lipinski definition) is 3. The van der Waals surface area contributed by atoms with Gasteiger partial charge >= 0.3 is 0 Å².